The lowest BCUT2D eigenvalue weighted by molar-refractivity contribution is -0.137. The van der Waals surface area contributed by atoms with Crippen molar-refractivity contribution in [2.45, 2.75) is 43.0 Å². The van der Waals surface area contributed by atoms with Gasteiger partial charge in [0.15, 0.2) is 0 Å². The van der Waals surface area contributed by atoms with Gasteiger partial charge in [-0.3, -0.25) is 4.79 Å². The van der Waals surface area contributed by atoms with Crippen LogP contribution >= 0.6 is 11.8 Å². The van der Waals surface area contributed by atoms with Gasteiger partial charge in [-0.1, -0.05) is 6.42 Å². The van der Waals surface area contributed by atoms with Crippen molar-refractivity contribution in [3.63, 3.8) is 0 Å². The van der Waals surface area contributed by atoms with Gasteiger partial charge < -0.3 is 25.2 Å². The van der Waals surface area contributed by atoms with Crippen LogP contribution < -0.4 is 10.6 Å². The lowest BCUT2D eigenvalue weighted by Gasteiger charge is -2.24. The summed E-state index contributed by atoms with van der Waals surface area (Å²) >= 11 is 1.63. The van der Waals surface area contributed by atoms with Gasteiger partial charge in [0.05, 0.1) is 26.3 Å². The summed E-state index contributed by atoms with van der Waals surface area (Å²) in [6.45, 7) is 0. The largest absolute Gasteiger partial charge is 0.481 e. The molecule has 1 saturated heterocycles. The maximum atomic E-state index is 11.5. The molecule has 0 aromatic rings. The molecule has 0 aliphatic carbocycles. The molecule has 22 heavy (non-hydrogen) atoms. The number of carbonyl (C=O) groups is 3. The summed E-state index contributed by atoms with van der Waals surface area (Å²) in [7, 11) is 2.56. The summed E-state index contributed by atoms with van der Waals surface area (Å²) in [6.07, 6.45) is 1.12. The Labute approximate surface area is 133 Å². The molecule has 0 aromatic heterocycles. The van der Waals surface area contributed by atoms with E-state index in [0.29, 0.717) is 12.2 Å². The Bertz CT molecular complexity index is 406. The number of hydrogen-bond donors (Lipinski definition) is 3. The van der Waals surface area contributed by atoms with Crippen molar-refractivity contribution < 1.29 is 29.0 Å². The van der Waals surface area contributed by atoms with Gasteiger partial charge in [0.1, 0.15) is 0 Å². The summed E-state index contributed by atoms with van der Waals surface area (Å²) in [5.74, 6) is -0.165. The molecule has 0 radical (unpaired) electrons. The molecule has 3 atom stereocenters. The first-order valence-corrected chi connectivity index (χ1v) is 8.05. The van der Waals surface area contributed by atoms with Crippen LogP contribution in [-0.4, -0.2) is 60.6 Å². The standard InChI is InChI=1S/C13H22N2O6S/c1-20-12(18)14-8-7-22-9(5-3-4-6-10(16)17)11(8)15-13(19)21-2/h8-9,11H,3-7H2,1-2H3,(H,14,18)(H,15,19)(H,16,17). The number of unbranched alkanes of at least 4 members (excludes halogenated alkanes) is 1. The highest BCUT2D eigenvalue weighted by Gasteiger charge is 2.38. The Kier molecular flexibility index (Phi) is 7.86. The average molecular weight is 334 g/mol. The molecular weight excluding hydrogens is 312 g/mol. The Balaban J connectivity index is 2.55. The molecule has 1 heterocycles. The van der Waals surface area contributed by atoms with E-state index in [4.69, 9.17) is 5.11 Å². The normalized spacial score (nSPS) is 23.6. The fourth-order valence-electron chi connectivity index (χ4n) is 2.31. The Morgan fingerprint density at radius 2 is 1.77 bits per heavy atom. The van der Waals surface area contributed by atoms with E-state index in [1.54, 1.807) is 11.8 Å². The number of rotatable bonds is 7. The van der Waals surface area contributed by atoms with Crippen LogP contribution in [0.15, 0.2) is 0 Å². The fourth-order valence-corrected chi connectivity index (χ4v) is 3.85. The van der Waals surface area contributed by atoms with Gasteiger partial charge in [0.25, 0.3) is 0 Å². The second-order valence-corrected chi connectivity index (χ2v) is 6.19. The topological polar surface area (TPSA) is 114 Å². The van der Waals surface area contributed by atoms with E-state index in [1.165, 1.54) is 14.2 Å². The van der Waals surface area contributed by atoms with E-state index in [0.717, 1.165) is 12.8 Å². The van der Waals surface area contributed by atoms with Crippen molar-refractivity contribution in [3.8, 4) is 0 Å². The predicted octanol–water partition coefficient (Wildman–Crippen LogP) is 1.20. The molecule has 1 aliphatic heterocycles. The molecule has 3 N–H and O–H groups in total. The number of ether oxygens (including phenoxy) is 2. The number of aliphatic carboxylic acids is 1. The van der Waals surface area contributed by atoms with Gasteiger partial charge in [-0.15, -0.1) is 0 Å². The van der Waals surface area contributed by atoms with Crippen LogP contribution in [0.5, 0.6) is 0 Å². The van der Waals surface area contributed by atoms with E-state index in [2.05, 4.69) is 20.1 Å². The first kappa shape index (κ1) is 18.4. The van der Waals surface area contributed by atoms with Crippen LogP contribution in [0, 0.1) is 0 Å². The molecule has 0 spiro atoms. The van der Waals surface area contributed by atoms with Crippen LogP contribution in [0.2, 0.25) is 0 Å². The summed E-state index contributed by atoms with van der Waals surface area (Å²) in [5.41, 5.74) is 0. The van der Waals surface area contributed by atoms with E-state index < -0.39 is 18.2 Å². The Morgan fingerprint density at radius 3 is 2.36 bits per heavy atom. The minimum absolute atomic E-state index is 0.0926. The second kappa shape index (κ2) is 9.39. The Hall–Kier alpha value is -1.64. The average Bonchev–Trinajstić information content (AvgIpc) is 2.85. The maximum absolute atomic E-state index is 11.5. The summed E-state index contributed by atoms with van der Waals surface area (Å²) in [4.78, 5) is 33.3. The second-order valence-electron chi connectivity index (χ2n) is 4.92. The highest BCUT2D eigenvalue weighted by molar-refractivity contribution is 8.00. The number of nitrogens with one attached hydrogen (secondary N) is 2. The molecule has 8 nitrogen and oxygen atoms in total. The van der Waals surface area contributed by atoms with E-state index in [-0.39, 0.29) is 23.8 Å². The molecule has 1 aliphatic rings. The van der Waals surface area contributed by atoms with Crippen LogP contribution in [0.3, 0.4) is 0 Å². The molecule has 1 rings (SSSR count). The lowest BCUT2D eigenvalue weighted by Crippen LogP contribution is -2.53. The minimum Gasteiger partial charge on any atom is -0.481 e. The third kappa shape index (κ3) is 6.00. The van der Waals surface area contributed by atoms with E-state index >= 15 is 0 Å². The number of amides is 2. The zero-order chi connectivity index (χ0) is 16.5. The van der Waals surface area contributed by atoms with Crippen LogP contribution in [0.25, 0.3) is 0 Å². The van der Waals surface area contributed by atoms with Crippen molar-refractivity contribution in [1.29, 1.82) is 0 Å². The van der Waals surface area contributed by atoms with Crippen molar-refractivity contribution >= 4 is 29.9 Å². The number of carboxylic acids is 1. The fraction of sp³-hybridized carbons (Fsp3) is 0.769. The summed E-state index contributed by atoms with van der Waals surface area (Å²) in [5, 5.41) is 14.2. The molecule has 0 bridgehead atoms. The predicted molar refractivity (Wildman–Crippen MR) is 81.0 cm³/mol. The van der Waals surface area contributed by atoms with Gasteiger partial charge in [0, 0.05) is 17.4 Å². The molecule has 2 amide bonds. The zero-order valence-corrected chi connectivity index (χ0v) is 13.5. The van der Waals surface area contributed by atoms with Crippen LogP contribution in [0.1, 0.15) is 25.7 Å². The highest BCUT2D eigenvalue weighted by Crippen LogP contribution is 2.31. The van der Waals surface area contributed by atoms with Gasteiger partial charge in [-0.25, -0.2) is 9.59 Å². The molecule has 0 saturated carbocycles. The first-order chi connectivity index (χ1) is 10.5. The molecule has 9 heteroatoms. The zero-order valence-electron chi connectivity index (χ0n) is 12.7. The van der Waals surface area contributed by atoms with Crippen molar-refractivity contribution in [2.75, 3.05) is 20.0 Å². The molecule has 3 unspecified atom stereocenters. The number of carbonyl (C=O) groups excluding carboxylic acids is 2. The van der Waals surface area contributed by atoms with Crippen molar-refractivity contribution in [2.24, 2.45) is 0 Å². The molecule has 126 valence electrons. The molecular formula is C13H22N2O6S. The van der Waals surface area contributed by atoms with Crippen molar-refractivity contribution in [3.05, 3.63) is 0 Å². The first-order valence-electron chi connectivity index (χ1n) is 7.00. The minimum atomic E-state index is -0.812. The summed E-state index contributed by atoms with van der Waals surface area (Å²) < 4.78 is 9.20. The number of carboxylic acid groups (broad SMARTS) is 1. The third-order valence-electron chi connectivity index (χ3n) is 3.41. The number of methoxy groups -OCH3 is 2. The third-order valence-corrected chi connectivity index (χ3v) is 4.92. The number of alkyl carbamates (subject to hydrolysis) is 2. The van der Waals surface area contributed by atoms with E-state index in [9.17, 15) is 14.4 Å². The van der Waals surface area contributed by atoms with E-state index in [1.807, 2.05) is 0 Å². The SMILES string of the molecule is COC(=O)NC1CSC(CCCCC(=O)O)C1NC(=O)OC. The number of thioether (sulfide) groups is 1. The Morgan fingerprint density at radius 1 is 1.14 bits per heavy atom. The van der Waals surface area contributed by atoms with Crippen LogP contribution in [0.4, 0.5) is 9.59 Å². The van der Waals surface area contributed by atoms with Gasteiger partial charge >= 0.3 is 18.2 Å². The van der Waals surface area contributed by atoms with Crippen LogP contribution in [-0.2, 0) is 14.3 Å². The van der Waals surface area contributed by atoms with Gasteiger partial charge in [-0.05, 0) is 12.8 Å². The quantitative estimate of drug-likeness (QED) is 0.599. The molecule has 1 fully saturated rings. The highest BCUT2D eigenvalue weighted by atomic mass is 32.2. The smallest absolute Gasteiger partial charge is 0.407 e. The van der Waals surface area contributed by atoms with Gasteiger partial charge in [-0.2, -0.15) is 11.8 Å². The van der Waals surface area contributed by atoms with Gasteiger partial charge in [0.2, 0.25) is 0 Å². The summed E-state index contributed by atoms with van der Waals surface area (Å²) in [6, 6.07) is -0.526. The molecule has 0 aromatic carbocycles. The monoisotopic (exact) mass is 334 g/mol. The lowest BCUT2D eigenvalue weighted by atomic mass is 10.0. The van der Waals surface area contributed by atoms with Crippen molar-refractivity contribution in [1.82, 2.24) is 10.6 Å². The number of hydrogen-bond acceptors (Lipinski definition) is 6. The maximum Gasteiger partial charge on any atom is 0.407 e.